The molecule has 0 atom stereocenters. The molecule has 138 valence electrons. The summed E-state index contributed by atoms with van der Waals surface area (Å²) in [6.07, 6.45) is -0.293. The average Bonchev–Trinajstić information content (AvgIpc) is 3.19. The first kappa shape index (κ1) is 17.9. The van der Waals surface area contributed by atoms with Crippen molar-refractivity contribution in [3.8, 4) is 11.3 Å². The summed E-state index contributed by atoms with van der Waals surface area (Å²) in [6, 6.07) is 11.2. The van der Waals surface area contributed by atoms with E-state index in [-0.39, 0.29) is 17.7 Å². The summed E-state index contributed by atoms with van der Waals surface area (Å²) in [5, 5.41) is 6.69. The minimum Gasteiger partial charge on any atom is -0.453 e. The van der Waals surface area contributed by atoms with Gasteiger partial charge in [0.15, 0.2) is 11.5 Å². The van der Waals surface area contributed by atoms with Crippen molar-refractivity contribution in [3.63, 3.8) is 0 Å². The molecule has 1 aromatic heterocycles. The highest BCUT2D eigenvalue weighted by molar-refractivity contribution is 5.93. The van der Waals surface area contributed by atoms with E-state index in [1.54, 1.807) is 11.0 Å². The van der Waals surface area contributed by atoms with Crippen molar-refractivity contribution in [2.45, 2.75) is 0 Å². The van der Waals surface area contributed by atoms with E-state index < -0.39 is 0 Å². The molecule has 8 nitrogen and oxygen atoms in total. The number of piperazine rings is 1. The Balaban J connectivity index is 1.43. The van der Waals surface area contributed by atoms with Crippen LogP contribution < -0.4 is 5.32 Å². The van der Waals surface area contributed by atoms with Crippen LogP contribution in [-0.4, -0.2) is 73.3 Å². The molecule has 0 aliphatic carbocycles. The summed E-state index contributed by atoms with van der Waals surface area (Å²) in [7, 11) is 1.39. The topological polar surface area (TPSA) is 87.9 Å². The molecule has 8 heteroatoms. The predicted molar refractivity (Wildman–Crippen MR) is 94.7 cm³/mol. The van der Waals surface area contributed by atoms with E-state index in [9.17, 15) is 9.59 Å². The second-order valence-corrected chi connectivity index (χ2v) is 6.00. The number of aromatic nitrogens is 1. The minimum atomic E-state index is -0.293. The van der Waals surface area contributed by atoms with Crippen LogP contribution in [0.4, 0.5) is 4.79 Å². The number of hydrogen-bond donors (Lipinski definition) is 1. The average molecular weight is 358 g/mol. The van der Waals surface area contributed by atoms with Gasteiger partial charge < -0.3 is 19.5 Å². The lowest BCUT2D eigenvalue weighted by atomic mass is 10.1. The Morgan fingerprint density at radius 1 is 1.19 bits per heavy atom. The molecule has 0 spiro atoms. The van der Waals surface area contributed by atoms with Gasteiger partial charge in [-0.05, 0) is 0 Å². The first-order valence-electron chi connectivity index (χ1n) is 8.53. The molecular formula is C18H22N4O4. The molecule has 0 bridgehead atoms. The Bertz CT molecular complexity index is 739. The molecule has 3 rings (SSSR count). The van der Waals surface area contributed by atoms with E-state index in [4.69, 9.17) is 9.26 Å². The summed E-state index contributed by atoms with van der Waals surface area (Å²) in [4.78, 5) is 27.5. The van der Waals surface area contributed by atoms with Gasteiger partial charge in [0.05, 0.1) is 7.11 Å². The largest absolute Gasteiger partial charge is 0.453 e. The standard InChI is InChI=1S/C18H22N4O4/c1-25-18(24)22-11-9-21(10-12-22)8-7-19-17(23)15-13-16(26-20-15)14-5-3-2-4-6-14/h2-6,13H,7-12H2,1H3,(H,19,23). The highest BCUT2D eigenvalue weighted by atomic mass is 16.5. The second-order valence-electron chi connectivity index (χ2n) is 6.00. The lowest BCUT2D eigenvalue weighted by Crippen LogP contribution is -2.50. The third kappa shape index (κ3) is 4.40. The van der Waals surface area contributed by atoms with E-state index >= 15 is 0 Å². The van der Waals surface area contributed by atoms with Gasteiger partial charge in [0.2, 0.25) is 0 Å². The molecular weight excluding hydrogens is 336 g/mol. The Morgan fingerprint density at radius 2 is 1.92 bits per heavy atom. The fraction of sp³-hybridized carbons (Fsp3) is 0.389. The molecule has 1 aliphatic rings. The summed E-state index contributed by atoms with van der Waals surface area (Å²) in [5.41, 5.74) is 1.14. The smallest absolute Gasteiger partial charge is 0.409 e. The molecule has 0 unspecified atom stereocenters. The van der Waals surface area contributed by atoms with Crippen LogP contribution in [0.5, 0.6) is 0 Å². The Hall–Kier alpha value is -2.87. The molecule has 1 fully saturated rings. The molecule has 1 saturated heterocycles. The van der Waals surface area contributed by atoms with Gasteiger partial charge in [-0.2, -0.15) is 0 Å². The van der Waals surface area contributed by atoms with E-state index in [0.29, 0.717) is 31.9 Å². The normalized spacial score (nSPS) is 14.9. The van der Waals surface area contributed by atoms with Gasteiger partial charge >= 0.3 is 6.09 Å². The molecule has 2 aromatic rings. The van der Waals surface area contributed by atoms with E-state index in [0.717, 1.165) is 18.7 Å². The monoisotopic (exact) mass is 358 g/mol. The third-order valence-electron chi connectivity index (χ3n) is 4.32. The van der Waals surface area contributed by atoms with Crippen molar-refractivity contribution in [2.75, 3.05) is 46.4 Å². The van der Waals surface area contributed by atoms with Crippen molar-refractivity contribution >= 4 is 12.0 Å². The first-order valence-corrected chi connectivity index (χ1v) is 8.53. The lowest BCUT2D eigenvalue weighted by Gasteiger charge is -2.33. The Morgan fingerprint density at radius 3 is 2.62 bits per heavy atom. The van der Waals surface area contributed by atoms with E-state index in [1.807, 2.05) is 30.3 Å². The number of methoxy groups -OCH3 is 1. The van der Waals surface area contributed by atoms with Gasteiger partial charge in [0.25, 0.3) is 5.91 Å². The Labute approximate surface area is 151 Å². The zero-order chi connectivity index (χ0) is 18.4. The highest BCUT2D eigenvalue weighted by Crippen LogP contribution is 2.19. The van der Waals surface area contributed by atoms with Crippen LogP contribution in [0.25, 0.3) is 11.3 Å². The molecule has 2 amide bonds. The number of carbonyl (C=O) groups is 2. The van der Waals surface area contributed by atoms with Crippen molar-refractivity contribution in [1.29, 1.82) is 0 Å². The second kappa shape index (κ2) is 8.48. The maximum absolute atomic E-state index is 12.2. The van der Waals surface area contributed by atoms with Gasteiger partial charge in [-0.1, -0.05) is 35.5 Å². The summed E-state index contributed by atoms with van der Waals surface area (Å²) in [6.45, 7) is 3.99. The Kier molecular flexibility index (Phi) is 5.85. The predicted octanol–water partition coefficient (Wildman–Crippen LogP) is 1.46. The summed E-state index contributed by atoms with van der Waals surface area (Å²) < 4.78 is 9.96. The highest BCUT2D eigenvalue weighted by Gasteiger charge is 2.21. The number of nitrogens with zero attached hydrogens (tertiary/aromatic N) is 3. The van der Waals surface area contributed by atoms with Gasteiger partial charge in [-0.25, -0.2) is 4.79 Å². The zero-order valence-electron chi connectivity index (χ0n) is 14.7. The van der Waals surface area contributed by atoms with Crippen LogP contribution >= 0.6 is 0 Å². The van der Waals surface area contributed by atoms with Crippen molar-refractivity contribution in [1.82, 2.24) is 20.3 Å². The molecule has 0 saturated carbocycles. The molecule has 2 heterocycles. The van der Waals surface area contributed by atoms with E-state index in [2.05, 4.69) is 15.4 Å². The van der Waals surface area contributed by atoms with Crippen LogP contribution in [0.3, 0.4) is 0 Å². The first-order chi connectivity index (χ1) is 12.7. The van der Waals surface area contributed by atoms with Crippen LogP contribution in [0.2, 0.25) is 0 Å². The summed E-state index contributed by atoms with van der Waals surface area (Å²) in [5.74, 6) is 0.304. The maximum atomic E-state index is 12.2. The number of amides is 2. The molecule has 1 aromatic carbocycles. The molecule has 0 radical (unpaired) electrons. The fourth-order valence-electron chi connectivity index (χ4n) is 2.82. The zero-order valence-corrected chi connectivity index (χ0v) is 14.7. The van der Waals surface area contributed by atoms with E-state index in [1.165, 1.54) is 7.11 Å². The van der Waals surface area contributed by atoms with Crippen molar-refractivity contribution in [2.24, 2.45) is 0 Å². The van der Waals surface area contributed by atoms with Gasteiger partial charge in [0.1, 0.15) is 0 Å². The number of benzene rings is 1. The van der Waals surface area contributed by atoms with Crippen LogP contribution in [0, 0.1) is 0 Å². The molecule has 26 heavy (non-hydrogen) atoms. The maximum Gasteiger partial charge on any atom is 0.409 e. The SMILES string of the molecule is COC(=O)N1CCN(CCNC(=O)c2cc(-c3ccccc3)on2)CC1. The fourth-order valence-corrected chi connectivity index (χ4v) is 2.82. The lowest BCUT2D eigenvalue weighted by molar-refractivity contribution is 0.0881. The van der Waals surface area contributed by atoms with Crippen LogP contribution in [-0.2, 0) is 4.74 Å². The number of ether oxygens (including phenoxy) is 1. The summed E-state index contributed by atoms with van der Waals surface area (Å²) >= 11 is 0. The number of hydrogen-bond acceptors (Lipinski definition) is 6. The van der Waals surface area contributed by atoms with Crippen molar-refractivity contribution in [3.05, 3.63) is 42.1 Å². The van der Waals surface area contributed by atoms with Gasteiger partial charge in [-0.15, -0.1) is 0 Å². The van der Waals surface area contributed by atoms with Crippen molar-refractivity contribution < 1.29 is 18.8 Å². The number of rotatable bonds is 5. The number of nitrogens with one attached hydrogen (secondary N) is 1. The number of carbonyl (C=O) groups excluding carboxylic acids is 2. The molecule has 1 aliphatic heterocycles. The quantitative estimate of drug-likeness (QED) is 0.870. The third-order valence-corrected chi connectivity index (χ3v) is 4.32. The van der Waals surface area contributed by atoms with Crippen LogP contribution in [0.15, 0.2) is 40.9 Å². The van der Waals surface area contributed by atoms with Gasteiger partial charge in [0, 0.05) is 50.9 Å². The minimum absolute atomic E-state index is 0.260. The molecule has 1 N–H and O–H groups in total. The van der Waals surface area contributed by atoms with Gasteiger partial charge in [-0.3, -0.25) is 9.69 Å². The van der Waals surface area contributed by atoms with Crippen LogP contribution in [0.1, 0.15) is 10.5 Å².